The lowest BCUT2D eigenvalue weighted by Gasteiger charge is -2.44. The van der Waals surface area contributed by atoms with E-state index in [-0.39, 0.29) is 10.7 Å². The normalized spacial score (nSPS) is 20.1. The van der Waals surface area contributed by atoms with Gasteiger partial charge in [-0.2, -0.15) is 0 Å². The van der Waals surface area contributed by atoms with Crippen LogP contribution in [-0.2, 0) is 26.6 Å². The molecule has 1 aromatic heterocycles. The third kappa shape index (κ3) is 3.76. The van der Waals surface area contributed by atoms with Crippen LogP contribution >= 0.6 is 0 Å². The molecule has 0 radical (unpaired) electrons. The Kier molecular flexibility index (Phi) is 6.02. The molecule has 0 saturated carbocycles. The van der Waals surface area contributed by atoms with Gasteiger partial charge in [-0.25, -0.2) is 0 Å². The number of fused-ring (bicyclic) bond motifs is 7. The lowest BCUT2D eigenvalue weighted by Crippen LogP contribution is -2.54. The molecule has 1 unspecified atom stereocenters. The van der Waals surface area contributed by atoms with E-state index < -0.39 is 0 Å². The lowest BCUT2D eigenvalue weighted by atomic mass is 9.83. The number of hydrogen-bond donors (Lipinski definition) is 0. The highest BCUT2D eigenvalue weighted by molar-refractivity contribution is 6.12. The van der Waals surface area contributed by atoms with Crippen LogP contribution in [0.25, 0.3) is 21.5 Å². The summed E-state index contributed by atoms with van der Waals surface area (Å²) >= 11 is 0. The number of nitro groups is 1. The van der Waals surface area contributed by atoms with E-state index in [0.29, 0.717) is 41.3 Å². The molecule has 1 fully saturated rings. The van der Waals surface area contributed by atoms with Crippen molar-refractivity contribution in [2.75, 3.05) is 35.0 Å². The fourth-order valence-electron chi connectivity index (χ4n) is 6.93. The maximum absolute atomic E-state index is 11.8. The fourth-order valence-corrected chi connectivity index (χ4v) is 6.93. The SMILES string of the molecule is COc1cc2c3c(c4cc(OC)c(OC)cc4c2cc1OC)C[N+]1(Cc2c([N+](=O)[O-])ncn2C)CCC[C@@H]1C3. The van der Waals surface area contributed by atoms with E-state index in [1.807, 2.05) is 19.2 Å². The molecule has 2 aliphatic heterocycles. The molecule has 0 aliphatic carbocycles. The van der Waals surface area contributed by atoms with Crippen molar-refractivity contribution in [3.63, 3.8) is 0 Å². The number of quaternary nitrogens is 1. The van der Waals surface area contributed by atoms with Gasteiger partial charge in [0.05, 0.1) is 41.0 Å². The Morgan fingerprint density at radius 1 is 0.923 bits per heavy atom. The highest BCUT2D eigenvalue weighted by Gasteiger charge is 2.48. The average molecular weight is 534 g/mol. The highest BCUT2D eigenvalue weighted by Crippen LogP contribution is 2.49. The van der Waals surface area contributed by atoms with Gasteiger partial charge in [0.1, 0.15) is 13.1 Å². The van der Waals surface area contributed by atoms with Crippen LogP contribution in [0.1, 0.15) is 29.7 Å². The van der Waals surface area contributed by atoms with Gasteiger partial charge in [-0.15, -0.1) is 0 Å². The summed E-state index contributed by atoms with van der Waals surface area (Å²) in [5.41, 5.74) is 3.21. The van der Waals surface area contributed by atoms with Gasteiger partial charge in [-0.1, -0.05) is 0 Å². The predicted octanol–water partition coefficient (Wildman–Crippen LogP) is 4.90. The molecule has 0 N–H and O–H groups in total. The first kappa shape index (κ1) is 25.2. The van der Waals surface area contributed by atoms with E-state index in [0.717, 1.165) is 58.4 Å². The van der Waals surface area contributed by atoms with Crippen LogP contribution in [0.5, 0.6) is 23.0 Å². The number of aryl methyl sites for hydroxylation is 1. The van der Waals surface area contributed by atoms with Crippen LogP contribution in [0.2, 0.25) is 0 Å². The number of ether oxygens (including phenoxy) is 4. The molecule has 10 heteroatoms. The van der Waals surface area contributed by atoms with Gasteiger partial charge in [-0.3, -0.25) is 0 Å². The zero-order chi connectivity index (χ0) is 27.5. The molecule has 2 aliphatic rings. The molecule has 6 rings (SSSR count). The first-order valence-corrected chi connectivity index (χ1v) is 13.1. The molecule has 0 spiro atoms. The minimum Gasteiger partial charge on any atom is -0.493 e. The van der Waals surface area contributed by atoms with Crippen LogP contribution in [0, 0.1) is 10.1 Å². The van der Waals surface area contributed by atoms with E-state index in [9.17, 15) is 10.1 Å². The van der Waals surface area contributed by atoms with E-state index >= 15 is 0 Å². The van der Waals surface area contributed by atoms with Crippen molar-refractivity contribution in [1.29, 1.82) is 0 Å². The minimum atomic E-state index is -0.365. The van der Waals surface area contributed by atoms with Crippen LogP contribution in [-0.4, -0.2) is 60.0 Å². The van der Waals surface area contributed by atoms with Gasteiger partial charge < -0.3 is 38.1 Å². The second-order valence-corrected chi connectivity index (χ2v) is 10.6. The molecule has 39 heavy (non-hydrogen) atoms. The van der Waals surface area contributed by atoms with Crippen molar-refractivity contribution in [3.8, 4) is 23.0 Å². The van der Waals surface area contributed by atoms with Gasteiger partial charge in [0.2, 0.25) is 6.33 Å². The number of benzene rings is 3. The fraction of sp³-hybridized carbons (Fsp3) is 0.414. The minimum absolute atomic E-state index is 0.0481. The quantitative estimate of drug-likeness (QED) is 0.144. The Bertz CT molecular complexity index is 1630. The maximum Gasteiger partial charge on any atom is 0.390 e. The zero-order valence-corrected chi connectivity index (χ0v) is 22.9. The summed E-state index contributed by atoms with van der Waals surface area (Å²) in [4.78, 5) is 15.5. The lowest BCUT2D eigenvalue weighted by molar-refractivity contribution is -0.966. The van der Waals surface area contributed by atoms with E-state index in [2.05, 4.69) is 17.1 Å². The topological polar surface area (TPSA) is 97.9 Å². The third-order valence-corrected chi connectivity index (χ3v) is 8.85. The highest BCUT2D eigenvalue weighted by atomic mass is 16.6. The molecule has 3 aromatic carbocycles. The van der Waals surface area contributed by atoms with Crippen LogP contribution in [0.4, 0.5) is 5.82 Å². The van der Waals surface area contributed by atoms with Gasteiger partial charge in [0.25, 0.3) is 0 Å². The number of methoxy groups -OCH3 is 4. The van der Waals surface area contributed by atoms with E-state index in [4.69, 9.17) is 18.9 Å². The molecular formula is C29H33N4O6+. The first-order valence-electron chi connectivity index (χ1n) is 13.1. The van der Waals surface area contributed by atoms with Crippen LogP contribution in [0.3, 0.4) is 0 Å². The molecule has 0 amide bonds. The third-order valence-electron chi connectivity index (χ3n) is 8.85. The molecule has 4 aromatic rings. The number of hydrogen-bond acceptors (Lipinski definition) is 7. The van der Waals surface area contributed by atoms with Crippen molar-refractivity contribution in [3.05, 3.63) is 57.5 Å². The van der Waals surface area contributed by atoms with Crippen molar-refractivity contribution in [2.45, 2.75) is 38.4 Å². The second-order valence-electron chi connectivity index (χ2n) is 10.6. The van der Waals surface area contributed by atoms with Crippen LogP contribution in [0.15, 0.2) is 30.6 Å². The Morgan fingerprint density at radius 2 is 1.46 bits per heavy atom. The average Bonchev–Trinajstić information content (AvgIpc) is 3.53. The van der Waals surface area contributed by atoms with Crippen molar-refractivity contribution in [1.82, 2.24) is 9.55 Å². The van der Waals surface area contributed by atoms with Gasteiger partial charge >= 0.3 is 5.82 Å². The van der Waals surface area contributed by atoms with Gasteiger partial charge in [0, 0.05) is 31.9 Å². The number of rotatable bonds is 7. The Morgan fingerprint density at radius 3 is 2.00 bits per heavy atom. The summed E-state index contributed by atoms with van der Waals surface area (Å²) in [7, 11) is 8.44. The Labute approximate surface area is 226 Å². The number of imidazole rings is 1. The predicted molar refractivity (Wildman–Crippen MR) is 147 cm³/mol. The molecule has 2 atom stereocenters. The zero-order valence-electron chi connectivity index (χ0n) is 22.9. The maximum atomic E-state index is 11.8. The summed E-state index contributed by atoms with van der Waals surface area (Å²) < 4.78 is 25.4. The molecule has 1 saturated heterocycles. The molecule has 0 bridgehead atoms. The largest absolute Gasteiger partial charge is 0.493 e. The Hall–Kier alpha value is -4.05. The standard InChI is InChI=1S/C29H33N4O6/c1-31-16-30-29(32(34)35)24(31)15-33-8-6-7-17(33)9-18-19-10-25(36-2)26(37-3)11-20(19)21-12-27(38-4)28(39-5)13-22(21)23(18)14-33/h10-13,16-17H,6-9,14-15H2,1-5H3/q+1/t17-,33?/m1/s1. The van der Waals surface area contributed by atoms with Crippen LogP contribution < -0.4 is 18.9 Å². The van der Waals surface area contributed by atoms with Gasteiger partial charge in [0.15, 0.2) is 28.7 Å². The van der Waals surface area contributed by atoms with Crippen molar-refractivity contribution < 1.29 is 28.4 Å². The summed E-state index contributed by atoms with van der Waals surface area (Å²) in [6.45, 7) is 2.29. The summed E-state index contributed by atoms with van der Waals surface area (Å²) in [6, 6.07) is 8.59. The number of nitrogens with zero attached hydrogens (tertiary/aromatic N) is 4. The number of aromatic nitrogens is 2. The van der Waals surface area contributed by atoms with E-state index in [1.54, 1.807) is 39.3 Å². The second kappa shape index (κ2) is 9.30. The molecule has 10 nitrogen and oxygen atoms in total. The van der Waals surface area contributed by atoms with Crippen molar-refractivity contribution >= 4 is 27.4 Å². The summed E-state index contributed by atoms with van der Waals surface area (Å²) in [5.74, 6) is 2.64. The molecule has 204 valence electrons. The summed E-state index contributed by atoms with van der Waals surface area (Å²) in [6.07, 6.45) is 4.57. The first-order chi connectivity index (χ1) is 18.8. The van der Waals surface area contributed by atoms with Crippen molar-refractivity contribution in [2.24, 2.45) is 7.05 Å². The summed E-state index contributed by atoms with van der Waals surface area (Å²) in [5, 5.41) is 16.2. The molecular weight excluding hydrogens is 500 g/mol. The van der Waals surface area contributed by atoms with E-state index in [1.165, 1.54) is 11.1 Å². The van der Waals surface area contributed by atoms with Gasteiger partial charge in [-0.05, 0) is 61.3 Å². The molecule has 3 heterocycles. The monoisotopic (exact) mass is 533 g/mol. The Balaban J connectivity index is 1.62. The smallest absolute Gasteiger partial charge is 0.390 e.